The molecule has 0 aromatic heterocycles. The molecule has 72 valence electrons. The minimum atomic E-state index is -0.722. The third kappa shape index (κ3) is 4.34. The summed E-state index contributed by atoms with van der Waals surface area (Å²) in [7, 11) is 3.61. The van der Waals surface area contributed by atoms with Gasteiger partial charge in [0.25, 0.3) is 0 Å². The number of aliphatic carboxylic acids is 1. The monoisotopic (exact) mass is 173 g/mol. The van der Waals surface area contributed by atoms with Crippen molar-refractivity contribution in [3.8, 4) is 0 Å². The first-order valence-corrected chi connectivity index (χ1v) is 4.34. The van der Waals surface area contributed by atoms with E-state index in [2.05, 4.69) is 13.8 Å². The smallest absolute Gasteiger partial charge is 0.320 e. The van der Waals surface area contributed by atoms with Crippen LogP contribution in [0.4, 0.5) is 0 Å². The van der Waals surface area contributed by atoms with Crippen molar-refractivity contribution in [3.63, 3.8) is 0 Å². The van der Waals surface area contributed by atoms with E-state index in [1.807, 2.05) is 0 Å². The van der Waals surface area contributed by atoms with E-state index in [9.17, 15) is 4.79 Å². The Kier molecular flexibility index (Phi) is 4.90. The highest BCUT2D eigenvalue weighted by atomic mass is 16.4. The summed E-state index contributed by atoms with van der Waals surface area (Å²) in [4.78, 5) is 12.5. The lowest BCUT2D eigenvalue weighted by Crippen LogP contribution is -2.35. The number of carboxylic acids is 1. The molecule has 3 nitrogen and oxygen atoms in total. The van der Waals surface area contributed by atoms with Crippen molar-refractivity contribution in [3.05, 3.63) is 0 Å². The lowest BCUT2D eigenvalue weighted by molar-refractivity contribution is -0.142. The van der Waals surface area contributed by atoms with Gasteiger partial charge in [0.2, 0.25) is 0 Å². The maximum Gasteiger partial charge on any atom is 0.320 e. The van der Waals surface area contributed by atoms with Crippen molar-refractivity contribution in [2.45, 2.75) is 32.7 Å². The molecule has 12 heavy (non-hydrogen) atoms. The van der Waals surface area contributed by atoms with Crippen LogP contribution in [0.3, 0.4) is 0 Å². The minimum absolute atomic E-state index is 0.326. The Balaban J connectivity index is 3.88. The molecule has 0 aliphatic rings. The molecule has 1 atom stereocenters. The summed E-state index contributed by atoms with van der Waals surface area (Å²) < 4.78 is 0. The van der Waals surface area contributed by atoms with Crippen molar-refractivity contribution in [1.82, 2.24) is 4.90 Å². The van der Waals surface area contributed by atoms with Gasteiger partial charge in [0.1, 0.15) is 6.04 Å². The van der Waals surface area contributed by atoms with Gasteiger partial charge in [-0.3, -0.25) is 9.69 Å². The van der Waals surface area contributed by atoms with Crippen LogP contribution < -0.4 is 0 Å². The Morgan fingerprint density at radius 2 is 1.83 bits per heavy atom. The third-order valence-corrected chi connectivity index (χ3v) is 1.93. The van der Waals surface area contributed by atoms with Gasteiger partial charge < -0.3 is 5.11 Å². The van der Waals surface area contributed by atoms with E-state index >= 15 is 0 Å². The molecule has 0 radical (unpaired) electrons. The molecule has 0 aromatic carbocycles. The fourth-order valence-corrected chi connectivity index (χ4v) is 1.09. The van der Waals surface area contributed by atoms with Gasteiger partial charge in [0.15, 0.2) is 0 Å². The Labute approximate surface area is 74.4 Å². The second-order valence-electron chi connectivity index (χ2n) is 3.79. The van der Waals surface area contributed by atoms with Crippen molar-refractivity contribution < 1.29 is 9.90 Å². The fraction of sp³-hybridized carbons (Fsp3) is 0.889. The summed E-state index contributed by atoms with van der Waals surface area (Å²) >= 11 is 0. The van der Waals surface area contributed by atoms with E-state index in [1.54, 1.807) is 19.0 Å². The first kappa shape index (κ1) is 11.4. The van der Waals surface area contributed by atoms with Crippen LogP contribution in [0.25, 0.3) is 0 Å². The molecule has 3 heteroatoms. The average molecular weight is 173 g/mol. The largest absolute Gasteiger partial charge is 0.480 e. The van der Waals surface area contributed by atoms with Crippen LogP contribution in [0.15, 0.2) is 0 Å². The van der Waals surface area contributed by atoms with Gasteiger partial charge in [-0.25, -0.2) is 0 Å². The molecule has 0 fully saturated rings. The Bertz CT molecular complexity index is 143. The molecule has 1 unspecified atom stereocenters. The van der Waals surface area contributed by atoms with Gasteiger partial charge in [-0.15, -0.1) is 0 Å². The highest BCUT2D eigenvalue weighted by Crippen LogP contribution is 2.09. The standard InChI is InChI=1S/C9H19NO2/c1-7(2)5-6-8(9(11)12)10(3)4/h7-8H,5-6H2,1-4H3,(H,11,12). The number of carbonyl (C=O) groups is 1. The van der Waals surface area contributed by atoms with Gasteiger partial charge in [-0.1, -0.05) is 13.8 Å². The third-order valence-electron chi connectivity index (χ3n) is 1.93. The van der Waals surface area contributed by atoms with E-state index in [1.165, 1.54) is 0 Å². The van der Waals surface area contributed by atoms with E-state index in [0.717, 1.165) is 12.8 Å². The lowest BCUT2D eigenvalue weighted by Gasteiger charge is -2.20. The van der Waals surface area contributed by atoms with Gasteiger partial charge in [0.05, 0.1) is 0 Å². The summed E-state index contributed by atoms with van der Waals surface area (Å²) in [6.07, 6.45) is 1.70. The molecule has 0 aliphatic heterocycles. The molecule has 0 aromatic rings. The summed E-state index contributed by atoms with van der Waals surface area (Å²) in [6, 6.07) is -0.326. The quantitative estimate of drug-likeness (QED) is 0.684. The van der Waals surface area contributed by atoms with Crippen LogP contribution in [0, 0.1) is 5.92 Å². The van der Waals surface area contributed by atoms with Crippen LogP contribution in [0.2, 0.25) is 0 Å². The molecule has 0 rings (SSSR count). The molecule has 1 N–H and O–H groups in total. The number of nitrogens with zero attached hydrogens (tertiary/aromatic N) is 1. The number of likely N-dealkylation sites (N-methyl/N-ethyl adjacent to an activating group) is 1. The van der Waals surface area contributed by atoms with Gasteiger partial charge >= 0.3 is 5.97 Å². The van der Waals surface area contributed by atoms with Gasteiger partial charge in [0, 0.05) is 0 Å². The average Bonchev–Trinajstić information content (AvgIpc) is 1.84. The molecule has 0 amide bonds. The normalized spacial score (nSPS) is 13.8. The summed E-state index contributed by atoms with van der Waals surface area (Å²) in [5, 5.41) is 8.81. The zero-order chi connectivity index (χ0) is 9.72. The summed E-state index contributed by atoms with van der Waals surface area (Å²) in [5.41, 5.74) is 0. The van der Waals surface area contributed by atoms with Crippen LogP contribution >= 0.6 is 0 Å². The van der Waals surface area contributed by atoms with Crippen molar-refractivity contribution in [1.29, 1.82) is 0 Å². The lowest BCUT2D eigenvalue weighted by atomic mass is 10.0. The minimum Gasteiger partial charge on any atom is -0.480 e. The maximum absolute atomic E-state index is 10.7. The van der Waals surface area contributed by atoms with Crippen LogP contribution in [-0.2, 0) is 4.79 Å². The number of hydrogen-bond acceptors (Lipinski definition) is 2. The van der Waals surface area contributed by atoms with Crippen LogP contribution in [0.5, 0.6) is 0 Å². The predicted molar refractivity (Wildman–Crippen MR) is 49.2 cm³/mol. The predicted octanol–water partition coefficient (Wildman–Crippen LogP) is 1.44. The van der Waals surface area contributed by atoms with Crippen molar-refractivity contribution in [2.24, 2.45) is 5.92 Å². The van der Waals surface area contributed by atoms with E-state index < -0.39 is 5.97 Å². The van der Waals surface area contributed by atoms with Crippen molar-refractivity contribution >= 4 is 5.97 Å². The summed E-state index contributed by atoms with van der Waals surface area (Å²) in [5.74, 6) is -0.146. The first-order valence-electron chi connectivity index (χ1n) is 4.34. The van der Waals surface area contributed by atoms with Crippen LogP contribution in [-0.4, -0.2) is 36.1 Å². The molecular weight excluding hydrogens is 154 g/mol. The molecule has 0 spiro atoms. The summed E-state index contributed by atoms with van der Waals surface area (Å²) in [6.45, 7) is 4.21. The maximum atomic E-state index is 10.7. The SMILES string of the molecule is CC(C)CCC(C(=O)O)N(C)C. The fourth-order valence-electron chi connectivity index (χ4n) is 1.09. The second kappa shape index (κ2) is 5.14. The number of rotatable bonds is 5. The zero-order valence-electron chi connectivity index (χ0n) is 8.37. The van der Waals surface area contributed by atoms with Gasteiger partial charge in [-0.05, 0) is 32.9 Å². The first-order chi connectivity index (χ1) is 5.45. The van der Waals surface area contributed by atoms with Crippen molar-refractivity contribution in [2.75, 3.05) is 14.1 Å². The van der Waals surface area contributed by atoms with Gasteiger partial charge in [-0.2, -0.15) is 0 Å². The molecule has 0 bridgehead atoms. The Hall–Kier alpha value is -0.570. The zero-order valence-corrected chi connectivity index (χ0v) is 8.37. The topological polar surface area (TPSA) is 40.5 Å². The number of hydrogen-bond donors (Lipinski definition) is 1. The molecule has 0 heterocycles. The van der Waals surface area contributed by atoms with E-state index in [4.69, 9.17) is 5.11 Å². The highest BCUT2D eigenvalue weighted by molar-refractivity contribution is 5.73. The molecule has 0 saturated heterocycles. The second-order valence-corrected chi connectivity index (χ2v) is 3.79. The molecule has 0 saturated carbocycles. The molecular formula is C9H19NO2. The van der Waals surface area contributed by atoms with E-state index in [0.29, 0.717) is 5.92 Å². The molecule has 0 aliphatic carbocycles. The van der Waals surface area contributed by atoms with E-state index in [-0.39, 0.29) is 6.04 Å². The van der Waals surface area contributed by atoms with Crippen LogP contribution in [0.1, 0.15) is 26.7 Å². The Morgan fingerprint density at radius 3 is 2.08 bits per heavy atom. The number of carboxylic acid groups (broad SMARTS) is 1. The Morgan fingerprint density at radius 1 is 1.33 bits per heavy atom. The highest BCUT2D eigenvalue weighted by Gasteiger charge is 2.19.